The van der Waals surface area contributed by atoms with Crippen LogP contribution in [-0.4, -0.2) is 5.91 Å². The molecule has 0 radical (unpaired) electrons. The molecule has 0 aromatic heterocycles. The third-order valence-electron chi connectivity index (χ3n) is 2.32. The second kappa shape index (κ2) is 4.65. The SMILES string of the molecule is NC(=O)c1ccccc1Nc1ccc(F)cc1. The van der Waals surface area contributed by atoms with Gasteiger partial charge in [0.25, 0.3) is 5.91 Å². The topological polar surface area (TPSA) is 55.1 Å². The van der Waals surface area contributed by atoms with E-state index in [1.165, 1.54) is 12.1 Å². The maximum atomic E-state index is 12.7. The summed E-state index contributed by atoms with van der Waals surface area (Å²) in [4.78, 5) is 11.2. The minimum atomic E-state index is -0.504. The van der Waals surface area contributed by atoms with E-state index in [2.05, 4.69) is 5.32 Å². The van der Waals surface area contributed by atoms with Gasteiger partial charge < -0.3 is 11.1 Å². The highest BCUT2D eigenvalue weighted by Gasteiger charge is 2.06. The molecule has 2 aromatic rings. The molecule has 0 bridgehead atoms. The first-order valence-electron chi connectivity index (χ1n) is 5.08. The molecule has 0 aliphatic heterocycles. The average molecular weight is 230 g/mol. The summed E-state index contributed by atoms with van der Waals surface area (Å²) in [6, 6.07) is 12.8. The van der Waals surface area contributed by atoms with Crippen LogP contribution in [0.5, 0.6) is 0 Å². The van der Waals surface area contributed by atoms with E-state index in [4.69, 9.17) is 5.73 Å². The first-order valence-corrected chi connectivity index (χ1v) is 5.08. The van der Waals surface area contributed by atoms with Crippen LogP contribution in [0.4, 0.5) is 15.8 Å². The van der Waals surface area contributed by atoms with Gasteiger partial charge in [-0.2, -0.15) is 0 Å². The number of para-hydroxylation sites is 1. The van der Waals surface area contributed by atoms with Crippen LogP contribution in [0.25, 0.3) is 0 Å². The standard InChI is InChI=1S/C13H11FN2O/c14-9-5-7-10(8-6-9)16-12-4-2-1-3-11(12)13(15)17/h1-8,16H,(H2,15,17). The van der Waals surface area contributed by atoms with E-state index in [1.54, 1.807) is 36.4 Å². The van der Waals surface area contributed by atoms with Crippen molar-refractivity contribution in [3.8, 4) is 0 Å². The molecule has 3 nitrogen and oxygen atoms in total. The summed E-state index contributed by atoms with van der Waals surface area (Å²) in [6.45, 7) is 0. The summed E-state index contributed by atoms with van der Waals surface area (Å²) in [5.41, 5.74) is 6.95. The van der Waals surface area contributed by atoms with Crippen molar-refractivity contribution in [2.45, 2.75) is 0 Å². The lowest BCUT2D eigenvalue weighted by Gasteiger charge is -2.09. The Hall–Kier alpha value is -2.36. The fourth-order valence-corrected chi connectivity index (χ4v) is 1.50. The molecule has 0 saturated heterocycles. The van der Waals surface area contributed by atoms with Crippen LogP contribution in [0.15, 0.2) is 48.5 Å². The largest absolute Gasteiger partial charge is 0.366 e. The average Bonchev–Trinajstić information content (AvgIpc) is 2.32. The summed E-state index contributed by atoms with van der Waals surface area (Å²) >= 11 is 0. The Morgan fingerprint density at radius 1 is 1.06 bits per heavy atom. The van der Waals surface area contributed by atoms with Crippen molar-refractivity contribution in [1.82, 2.24) is 0 Å². The monoisotopic (exact) mass is 230 g/mol. The number of halogens is 1. The Balaban J connectivity index is 2.30. The number of carbonyl (C=O) groups excluding carboxylic acids is 1. The van der Waals surface area contributed by atoms with Crippen molar-refractivity contribution in [3.63, 3.8) is 0 Å². The Labute approximate surface area is 98.1 Å². The van der Waals surface area contributed by atoms with Crippen LogP contribution < -0.4 is 11.1 Å². The van der Waals surface area contributed by atoms with Gasteiger partial charge in [0.05, 0.1) is 11.3 Å². The van der Waals surface area contributed by atoms with E-state index in [0.717, 1.165) is 0 Å². The second-order valence-corrected chi connectivity index (χ2v) is 3.54. The van der Waals surface area contributed by atoms with Crippen LogP contribution in [-0.2, 0) is 0 Å². The molecule has 0 saturated carbocycles. The molecule has 0 atom stereocenters. The van der Waals surface area contributed by atoms with Crippen molar-refractivity contribution in [2.75, 3.05) is 5.32 Å². The summed E-state index contributed by atoms with van der Waals surface area (Å²) in [5, 5.41) is 3.01. The van der Waals surface area contributed by atoms with Crippen molar-refractivity contribution < 1.29 is 9.18 Å². The molecule has 86 valence electrons. The number of hydrogen-bond donors (Lipinski definition) is 2. The second-order valence-electron chi connectivity index (χ2n) is 3.54. The quantitative estimate of drug-likeness (QED) is 0.851. The minimum Gasteiger partial charge on any atom is -0.366 e. The van der Waals surface area contributed by atoms with Crippen molar-refractivity contribution in [2.24, 2.45) is 5.73 Å². The van der Waals surface area contributed by atoms with E-state index in [1.807, 2.05) is 0 Å². The van der Waals surface area contributed by atoms with E-state index in [0.29, 0.717) is 16.9 Å². The van der Waals surface area contributed by atoms with Crippen molar-refractivity contribution in [1.29, 1.82) is 0 Å². The van der Waals surface area contributed by atoms with Crippen LogP contribution in [0.3, 0.4) is 0 Å². The predicted molar refractivity (Wildman–Crippen MR) is 64.6 cm³/mol. The summed E-state index contributed by atoms with van der Waals surface area (Å²) < 4.78 is 12.7. The number of anilines is 2. The van der Waals surface area contributed by atoms with Crippen molar-refractivity contribution in [3.05, 3.63) is 59.9 Å². The van der Waals surface area contributed by atoms with Gasteiger partial charge in [0, 0.05) is 5.69 Å². The zero-order chi connectivity index (χ0) is 12.3. The molecular formula is C13H11FN2O. The van der Waals surface area contributed by atoms with Gasteiger partial charge in [-0.15, -0.1) is 0 Å². The highest BCUT2D eigenvalue weighted by molar-refractivity contribution is 5.99. The third-order valence-corrected chi connectivity index (χ3v) is 2.32. The molecule has 0 heterocycles. The minimum absolute atomic E-state index is 0.307. The number of carbonyl (C=O) groups is 1. The number of hydrogen-bond acceptors (Lipinski definition) is 2. The number of nitrogens with two attached hydrogens (primary N) is 1. The molecule has 17 heavy (non-hydrogen) atoms. The van der Waals surface area contributed by atoms with E-state index in [-0.39, 0.29) is 5.82 Å². The van der Waals surface area contributed by atoms with Gasteiger partial charge in [0.2, 0.25) is 0 Å². The first kappa shape index (κ1) is 11.1. The highest BCUT2D eigenvalue weighted by Crippen LogP contribution is 2.20. The maximum absolute atomic E-state index is 12.7. The maximum Gasteiger partial charge on any atom is 0.250 e. The molecule has 1 amide bonds. The molecule has 3 N–H and O–H groups in total. The van der Waals surface area contributed by atoms with E-state index < -0.39 is 5.91 Å². The van der Waals surface area contributed by atoms with Crippen LogP contribution in [0.2, 0.25) is 0 Å². The number of amides is 1. The van der Waals surface area contributed by atoms with Gasteiger partial charge >= 0.3 is 0 Å². The zero-order valence-electron chi connectivity index (χ0n) is 8.98. The normalized spacial score (nSPS) is 9.94. The highest BCUT2D eigenvalue weighted by atomic mass is 19.1. The predicted octanol–water partition coefficient (Wildman–Crippen LogP) is 2.67. The van der Waals surface area contributed by atoms with Crippen LogP contribution in [0.1, 0.15) is 10.4 Å². The first-order chi connectivity index (χ1) is 8.16. The smallest absolute Gasteiger partial charge is 0.250 e. The molecule has 0 fully saturated rings. The molecule has 0 aliphatic rings. The van der Waals surface area contributed by atoms with E-state index >= 15 is 0 Å². The lowest BCUT2D eigenvalue weighted by atomic mass is 10.1. The third kappa shape index (κ3) is 2.60. The lowest BCUT2D eigenvalue weighted by Crippen LogP contribution is -2.13. The van der Waals surface area contributed by atoms with Gasteiger partial charge in [-0.1, -0.05) is 12.1 Å². The summed E-state index contributed by atoms with van der Waals surface area (Å²) in [6.07, 6.45) is 0. The molecule has 0 aliphatic carbocycles. The molecule has 4 heteroatoms. The number of nitrogens with one attached hydrogen (secondary N) is 1. The summed E-state index contributed by atoms with van der Waals surface area (Å²) in [5.74, 6) is -0.811. The van der Waals surface area contributed by atoms with Crippen molar-refractivity contribution >= 4 is 17.3 Å². The van der Waals surface area contributed by atoms with Gasteiger partial charge in [0.1, 0.15) is 5.82 Å². The molecule has 0 spiro atoms. The number of rotatable bonds is 3. The molecule has 2 rings (SSSR count). The van der Waals surface area contributed by atoms with E-state index in [9.17, 15) is 9.18 Å². The Kier molecular flexibility index (Phi) is 3.05. The Bertz CT molecular complexity index is 537. The fourth-order valence-electron chi connectivity index (χ4n) is 1.50. The van der Waals surface area contributed by atoms with Crippen LogP contribution in [0, 0.1) is 5.82 Å². The fraction of sp³-hybridized carbons (Fsp3) is 0. The zero-order valence-corrected chi connectivity index (χ0v) is 8.98. The van der Waals surface area contributed by atoms with Gasteiger partial charge in [0.15, 0.2) is 0 Å². The number of primary amides is 1. The Morgan fingerprint density at radius 2 is 1.71 bits per heavy atom. The van der Waals surface area contributed by atoms with Gasteiger partial charge in [-0.3, -0.25) is 4.79 Å². The lowest BCUT2D eigenvalue weighted by molar-refractivity contribution is 0.100. The summed E-state index contributed by atoms with van der Waals surface area (Å²) in [7, 11) is 0. The van der Waals surface area contributed by atoms with Gasteiger partial charge in [-0.25, -0.2) is 4.39 Å². The number of benzene rings is 2. The molecule has 2 aromatic carbocycles. The van der Waals surface area contributed by atoms with Crippen LogP contribution >= 0.6 is 0 Å². The molecular weight excluding hydrogens is 219 g/mol. The van der Waals surface area contributed by atoms with Gasteiger partial charge in [-0.05, 0) is 36.4 Å². The molecule has 0 unspecified atom stereocenters. The Morgan fingerprint density at radius 3 is 2.35 bits per heavy atom.